The first-order valence-corrected chi connectivity index (χ1v) is 4.40. The molecule has 0 amide bonds. The van der Waals surface area contributed by atoms with Crippen molar-refractivity contribution in [3.63, 3.8) is 0 Å². The van der Waals surface area contributed by atoms with Crippen LogP contribution in [0.4, 0.5) is 8.78 Å². The second-order valence-electron chi connectivity index (χ2n) is 3.38. The fraction of sp³-hybridized carbons (Fsp3) is 0.400. The summed E-state index contributed by atoms with van der Waals surface area (Å²) in [5, 5.41) is 9.45. The van der Waals surface area contributed by atoms with Crippen LogP contribution in [0.5, 0.6) is 0 Å². The molecular formula is C10H10F2O2. The van der Waals surface area contributed by atoms with Crippen molar-refractivity contribution in [1.82, 2.24) is 0 Å². The van der Waals surface area contributed by atoms with E-state index in [4.69, 9.17) is 4.74 Å². The molecule has 76 valence electrons. The number of aliphatic hydroxyl groups excluding tert-OH is 1. The molecule has 4 heteroatoms. The Hall–Kier alpha value is -1.00. The van der Waals surface area contributed by atoms with Crippen LogP contribution in [0.2, 0.25) is 0 Å². The summed E-state index contributed by atoms with van der Waals surface area (Å²) in [6.07, 6.45) is -0.717. The largest absolute Gasteiger partial charge is 0.390 e. The van der Waals surface area contributed by atoms with Crippen LogP contribution in [0.15, 0.2) is 18.2 Å². The molecule has 1 heterocycles. The Morgan fingerprint density at radius 1 is 1.50 bits per heavy atom. The smallest absolute Gasteiger partial charge is 0.129 e. The summed E-state index contributed by atoms with van der Waals surface area (Å²) in [6, 6.07) is 3.34. The Bertz CT molecular complexity index is 337. The van der Waals surface area contributed by atoms with Crippen molar-refractivity contribution < 1.29 is 18.6 Å². The van der Waals surface area contributed by atoms with Crippen LogP contribution in [0, 0.1) is 11.6 Å². The van der Waals surface area contributed by atoms with Crippen molar-refractivity contribution in [3.8, 4) is 0 Å². The van der Waals surface area contributed by atoms with Crippen LogP contribution in [0.1, 0.15) is 5.56 Å². The topological polar surface area (TPSA) is 32.8 Å². The minimum Gasteiger partial charge on any atom is -0.390 e. The van der Waals surface area contributed by atoms with Crippen LogP contribution in [-0.4, -0.2) is 23.9 Å². The first-order chi connectivity index (χ1) is 6.66. The van der Waals surface area contributed by atoms with Crippen molar-refractivity contribution in [2.75, 3.05) is 6.61 Å². The molecule has 2 rings (SSSR count). The normalized spacial score (nSPS) is 22.1. The summed E-state index contributed by atoms with van der Waals surface area (Å²) in [4.78, 5) is 0. The third-order valence-electron chi connectivity index (χ3n) is 2.23. The van der Waals surface area contributed by atoms with Gasteiger partial charge in [-0.1, -0.05) is 6.07 Å². The maximum Gasteiger partial charge on any atom is 0.129 e. The van der Waals surface area contributed by atoms with Crippen LogP contribution in [-0.2, 0) is 11.2 Å². The number of ether oxygens (including phenoxy) is 1. The third kappa shape index (κ3) is 2.08. The number of benzene rings is 1. The molecule has 1 aliphatic rings. The highest BCUT2D eigenvalue weighted by Gasteiger charge is 2.31. The van der Waals surface area contributed by atoms with E-state index in [-0.39, 0.29) is 12.5 Å². The van der Waals surface area contributed by atoms with Gasteiger partial charge >= 0.3 is 0 Å². The molecule has 0 aliphatic carbocycles. The highest BCUT2D eigenvalue weighted by atomic mass is 19.1. The minimum atomic E-state index is -0.699. The van der Waals surface area contributed by atoms with Crippen molar-refractivity contribution in [2.45, 2.75) is 18.6 Å². The van der Waals surface area contributed by atoms with Crippen LogP contribution in [0.3, 0.4) is 0 Å². The molecule has 2 atom stereocenters. The molecule has 0 saturated carbocycles. The van der Waals surface area contributed by atoms with Gasteiger partial charge in [-0.05, 0) is 11.6 Å². The Labute approximate surface area is 80.1 Å². The zero-order chi connectivity index (χ0) is 10.1. The highest BCUT2D eigenvalue weighted by molar-refractivity contribution is 5.19. The van der Waals surface area contributed by atoms with E-state index < -0.39 is 17.7 Å². The lowest BCUT2D eigenvalue weighted by Gasteiger charge is -2.07. The number of hydrogen-bond donors (Lipinski definition) is 1. The van der Waals surface area contributed by atoms with E-state index in [1.54, 1.807) is 0 Å². The summed E-state index contributed by atoms with van der Waals surface area (Å²) in [5.41, 5.74) is 0.314. The maximum absolute atomic E-state index is 13.1. The Balaban J connectivity index is 2.07. The first kappa shape index (κ1) is 9.55. The lowest BCUT2D eigenvalue weighted by atomic mass is 10.1. The number of rotatable bonds is 3. The summed E-state index contributed by atoms with van der Waals surface area (Å²) < 4.78 is 30.5. The molecule has 2 nitrogen and oxygen atoms in total. The van der Waals surface area contributed by atoms with Gasteiger partial charge < -0.3 is 9.84 Å². The van der Waals surface area contributed by atoms with E-state index in [2.05, 4.69) is 0 Å². The summed E-state index contributed by atoms with van der Waals surface area (Å²) >= 11 is 0. The Morgan fingerprint density at radius 3 is 2.79 bits per heavy atom. The van der Waals surface area contributed by atoms with Crippen LogP contribution >= 0.6 is 0 Å². The van der Waals surface area contributed by atoms with E-state index >= 15 is 0 Å². The Morgan fingerprint density at radius 2 is 2.21 bits per heavy atom. The van der Waals surface area contributed by atoms with Gasteiger partial charge in [-0.2, -0.15) is 0 Å². The molecule has 1 saturated heterocycles. The summed E-state index contributed by atoms with van der Waals surface area (Å²) in [6.45, 7) is 0.518. The molecule has 1 fully saturated rings. The van der Waals surface area contributed by atoms with E-state index in [1.165, 1.54) is 12.1 Å². The minimum absolute atomic E-state index is 0.163. The molecule has 1 aromatic carbocycles. The van der Waals surface area contributed by atoms with Gasteiger partial charge in [0.2, 0.25) is 0 Å². The van der Waals surface area contributed by atoms with E-state index in [0.29, 0.717) is 12.2 Å². The lowest BCUT2D eigenvalue weighted by molar-refractivity contribution is 0.134. The molecule has 1 aliphatic heterocycles. The van der Waals surface area contributed by atoms with Gasteiger partial charge in [-0.15, -0.1) is 0 Å². The van der Waals surface area contributed by atoms with Crippen molar-refractivity contribution in [1.29, 1.82) is 0 Å². The fourth-order valence-electron chi connectivity index (χ4n) is 1.32. The lowest BCUT2D eigenvalue weighted by Crippen LogP contribution is -2.18. The highest BCUT2D eigenvalue weighted by Crippen LogP contribution is 2.19. The predicted octanol–water partition coefficient (Wildman–Crippen LogP) is 1.27. The summed E-state index contributed by atoms with van der Waals surface area (Å²) in [7, 11) is 0. The fourth-order valence-corrected chi connectivity index (χ4v) is 1.32. The number of hydrogen-bond acceptors (Lipinski definition) is 2. The van der Waals surface area contributed by atoms with Gasteiger partial charge in [-0.3, -0.25) is 0 Å². The zero-order valence-corrected chi connectivity index (χ0v) is 7.41. The average Bonchev–Trinajstić information content (AvgIpc) is 2.92. The maximum atomic E-state index is 13.1. The molecule has 0 aromatic heterocycles. The van der Waals surface area contributed by atoms with Crippen molar-refractivity contribution >= 4 is 0 Å². The second kappa shape index (κ2) is 3.63. The van der Waals surface area contributed by atoms with Gasteiger partial charge in [0.05, 0.1) is 12.7 Å². The van der Waals surface area contributed by atoms with E-state index in [9.17, 15) is 13.9 Å². The van der Waals surface area contributed by atoms with Crippen LogP contribution in [0.25, 0.3) is 0 Å². The van der Waals surface area contributed by atoms with E-state index in [1.807, 2.05) is 0 Å². The zero-order valence-electron chi connectivity index (χ0n) is 7.41. The van der Waals surface area contributed by atoms with Gasteiger partial charge in [0.25, 0.3) is 0 Å². The molecule has 14 heavy (non-hydrogen) atoms. The monoisotopic (exact) mass is 200 g/mol. The quantitative estimate of drug-likeness (QED) is 0.745. The molecular weight excluding hydrogens is 190 g/mol. The summed E-state index contributed by atoms with van der Waals surface area (Å²) in [5.74, 6) is -1.23. The molecule has 0 radical (unpaired) electrons. The predicted molar refractivity (Wildman–Crippen MR) is 45.8 cm³/mol. The molecule has 1 aromatic rings. The van der Waals surface area contributed by atoms with E-state index in [0.717, 1.165) is 6.07 Å². The molecule has 0 bridgehead atoms. The second-order valence-corrected chi connectivity index (χ2v) is 3.38. The van der Waals surface area contributed by atoms with Gasteiger partial charge in [-0.25, -0.2) is 8.78 Å². The SMILES string of the molecule is OC(Cc1ccc(F)cc1F)C1CO1. The van der Waals surface area contributed by atoms with Crippen molar-refractivity contribution in [3.05, 3.63) is 35.4 Å². The number of aliphatic hydroxyl groups is 1. The van der Waals surface area contributed by atoms with Crippen molar-refractivity contribution in [2.24, 2.45) is 0 Å². The standard InChI is InChI=1S/C10H10F2O2/c11-7-2-1-6(8(12)4-7)3-9(13)10-5-14-10/h1-2,4,9-10,13H,3,5H2. The average molecular weight is 200 g/mol. The molecule has 1 N–H and O–H groups in total. The number of halogens is 2. The van der Waals surface area contributed by atoms with Gasteiger partial charge in [0.1, 0.15) is 17.7 Å². The van der Waals surface area contributed by atoms with Crippen LogP contribution < -0.4 is 0 Å². The molecule has 2 unspecified atom stereocenters. The third-order valence-corrected chi connectivity index (χ3v) is 2.23. The van der Waals surface area contributed by atoms with Gasteiger partial charge in [0, 0.05) is 12.5 Å². The first-order valence-electron chi connectivity index (χ1n) is 4.40. The number of epoxide rings is 1. The Kier molecular flexibility index (Phi) is 2.48. The molecule has 0 spiro atoms. The van der Waals surface area contributed by atoms with Gasteiger partial charge in [0.15, 0.2) is 0 Å².